The van der Waals surface area contributed by atoms with Crippen molar-refractivity contribution in [2.45, 2.75) is 4.90 Å². The quantitative estimate of drug-likeness (QED) is 0.775. The van der Waals surface area contributed by atoms with Crippen LogP contribution in [0.2, 0.25) is 10.0 Å². The summed E-state index contributed by atoms with van der Waals surface area (Å²) in [6.07, 6.45) is 0. The van der Waals surface area contributed by atoms with Crippen molar-refractivity contribution in [2.24, 2.45) is 0 Å². The number of hydrogen-bond donors (Lipinski definition) is 3. The summed E-state index contributed by atoms with van der Waals surface area (Å²) in [6.45, 7) is 0. The third-order valence-corrected chi connectivity index (χ3v) is 4.80. The van der Waals surface area contributed by atoms with Gasteiger partial charge in [-0.15, -0.1) is 0 Å². The Kier molecular flexibility index (Phi) is 4.50. The second-order valence-electron chi connectivity index (χ2n) is 4.22. The summed E-state index contributed by atoms with van der Waals surface area (Å²) >= 11 is 11.5. The number of carbonyl (C=O) groups is 1. The zero-order valence-electron chi connectivity index (χ0n) is 10.7. The van der Waals surface area contributed by atoms with Crippen LogP contribution in [-0.4, -0.2) is 24.6 Å². The number of carboxylic acids is 1. The molecule has 0 aliphatic carbocycles. The van der Waals surface area contributed by atoms with E-state index in [2.05, 4.69) is 4.72 Å². The van der Waals surface area contributed by atoms with Crippen molar-refractivity contribution in [3.8, 4) is 5.75 Å². The van der Waals surface area contributed by atoms with E-state index < -0.39 is 27.3 Å². The average molecular weight is 362 g/mol. The highest BCUT2D eigenvalue weighted by Crippen LogP contribution is 2.27. The van der Waals surface area contributed by atoms with E-state index >= 15 is 0 Å². The van der Waals surface area contributed by atoms with Gasteiger partial charge in [-0.3, -0.25) is 4.72 Å². The number of carboxylic acid groups (broad SMARTS) is 1. The van der Waals surface area contributed by atoms with Crippen LogP contribution in [0.3, 0.4) is 0 Å². The summed E-state index contributed by atoms with van der Waals surface area (Å²) in [5.74, 6) is -1.97. The van der Waals surface area contributed by atoms with Crippen LogP contribution in [0.5, 0.6) is 5.75 Å². The van der Waals surface area contributed by atoms with Gasteiger partial charge in [0, 0.05) is 0 Å². The standard InChI is InChI=1S/C13H9Cl2NO5S/c14-10-3-1-7(5-11(10)15)16-22(20,21)8-2-4-12(17)9(6-8)13(18)19/h1-6,16-17H,(H,18,19). The molecule has 6 nitrogen and oxygen atoms in total. The molecule has 0 fully saturated rings. The predicted molar refractivity (Wildman–Crippen MR) is 82.3 cm³/mol. The van der Waals surface area contributed by atoms with Crippen LogP contribution >= 0.6 is 23.2 Å². The molecule has 0 spiro atoms. The highest BCUT2D eigenvalue weighted by Gasteiger charge is 2.19. The minimum Gasteiger partial charge on any atom is -0.507 e. The van der Waals surface area contributed by atoms with Crippen molar-refractivity contribution in [1.82, 2.24) is 0 Å². The van der Waals surface area contributed by atoms with Crippen LogP contribution < -0.4 is 4.72 Å². The highest BCUT2D eigenvalue weighted by atomic mass is 35.5. The van der Waals surface area contributed by atoms with Crippen molar-refractivity contribution in [1.29, 1.82) is 0 Å². The minimum absolute atomic E-state index is 0.166. The topological polar surface area (TPSA) is 104 Å². The van der Waals surface area contributed by atoms with Gasteiger partial charge in [0.1, 0.15) is 11.3 Å². The molecule has 3 N–H and O–H groups in total. The third kappa shape index (κ3) is 3.44. The molecule has 0 saturated carbocycles. The molecule has 0 unspecified atom stereocenters. The first-order valence-electron chi connectivity index (χ1n) is 5.75. The lowest BCUT2D eigenvalue weighted by molar-refractivity contribution is 0.0693. The monoisotopic (exact) mass is 361 g/mol. The predicted octanol–water partition coefficient (Wildman–Crippen LogP) is 3.20. The highest BCUT2D eigenvalue weighted by molar-refractivity contribution is 7.92. The Balaban J connectivity index is 2.40. The molecule has 0 bridgehead atoms. The summed E-state index contributed by atoms with van der Waals surface area (Å²) in [6, 6.07) is 7.08. The van der Waals surface area contributed by atoms with Crippen LogP contribution in [0.1, 0.15) is 10.4 Å². The molecule has 0 aliphatic heterocycles. The lowest BCUT2D eigenvalue weighted by Crippen LogP contribution is -2.13. The van der Waals surface area contributed by atoms with E-state index in [4.69, 9.17) is 28.3 Å². The largest absolute Gasteiger partial charge is 0.507 e. The zero-order chi connectivity index (χ0) is 16.5. The number of phenols is 1. The number of sulfonamides is 1. The van der Waals surface area contributed by atoms with E-state index in [1.165, 1.54) is 18.2 Å². The number of aromatic hydroxyl groups is 1. The van der Waals surface area contributed by atoms with Gasteiger partial charge in [0.15, 0.2) is 0 Å². The van der Waals surface area contributed by atoms with E-state index in [0.717, 1.165) is 18.2 Å². The van der Waals surface area contributed by atoms with Crippen molar-refractivity contribution >= 4 is 44.9 Å². The fourth-order valence-electron chi connectivity index (χ4n) is 1.63. The summed E-state index contributed by atoms with van der Waals surface area (Å²) in [7, 11) is -4.04. The van der Waals surface area contributed by atoms with Gasteiger partial charge in [-0.1, -0.05) is 23.2 Å². The molecule has 0 aliphatic rings. The number of anilines is 1. The van der Waals surface area contributed by atoms with E-state index in [0.29, 0.717) is 0 Å². The number of hydrogen-bond acceptors (Lipinski definition) is 4. The van der Waals surface area contributed by atoms with Gasteiger partial charge in [-0.05, 0) is 36.4 Å². The zero-order valence-corrected chi connectivity index (χ0v) is 13.1. The summed E-state index contributed by atoms with van der Waals surface area (Å²) in [5.41, 5.74) is -0.351. The maximum absolute atomic E-state index is 12.2. The van der Waals surface area contributed by atoms with Gasteiger partial charge in [-0.25, -0.2) is 13.2 Å². The molecule has 2 aromatic rings. The first-order valence-corrected chi connectivity index (χ1v) is 7.99. The van der Waals surface area contributed by atoms with E-state index in [-0.39, 0.29) is 20.6 Å². The van der Waals surface area contributed by atoms with E-state index in [1.54, 1.807) is 0 Å². The van der Waals surface area contributed by atoms with Gasteiger partial charge in [-0.2, -0.15) is 0 Å². The van der Waals surface area contributed by atoms with Crippen LogP contribution in [0, 0.1) is 0 Å². The fraction of sp³-hybridized carbons (Fsp3) is 0. The normalized spacial score (nSPS) is 11.2. The number of aromatic carboxylic acids is 1. The molecule has 0 saturated heterocycles. The van der Waals surface area contributed by atoms with Crippen molar-refractivity contribution < 1.29 is 23.4 Å². The van der Waals surface area contributed by atoms with Crippen molar-refractivity contribution in [3.63, 3.8) is 0 Å². The van der Waals surface area contributed by atoms with E-state index in [1.807, 2.05) is 0 Å². The number of benzene rings is 2. The number of rotatable bonds is 4. The van der Waals surface area contributed by atoms with Crippen LogP contribution in [0.25, 0.3) is 0 Å². The Bertz CT molecular complexity index is 852. The van der Waals surface area contributed by atoms with Gasteiger partial charge < -0.3 is 10.2 Å². The van der Waals surface area contributed by atoms with Gasteiger partial charge in [0.25, 0.3) is 10.0 Å². The molecule has 2 aromatic carbocycles. The van der Waals surface area contributed by atoms with Crippen LogP contribution in [-0.2, 0) is 10.0 Å². The Labute approximate surface area is 136 Å². The van der Waals surface area contributed by atoms with Crippen molar-refractivity contribution in [3.05, 3.63) is 52.0 Å². The molecule has 22 heavy (non-hydrogen) atoms. The van der Waals surface area contributed by atoms with Gasteiger partial charge in [0.05, 0.1) is 20.6 Å². The summed E-state index contributed by atoms with van der Waals surface area (Å²) in [4.78, 5) is 10.6. The second kappa shape index (κ2) is 6.04. The summed E-state index contributed by atoms with van der Waals surface area (Å²) < 4.78 is 26.7. The molecule has 0 atom stereocenters. The fourth-order valence-corrected chi connectivity index (χ4v) is 3.00. The molecular weight excluding hydrogens is 353 g/mol. The minimum atomic E-state index is -4.04. The Morgan fingerprint density at radius 1 is 1.05 bits per heavy atom. The maximum Gasteiger partial charge on any atom is 0.339 e. The SMILES string of the molecule is O=C(O)c1cc(S(=O)(=O)Nc2ccc(Cl)c(Cl)c2)ccc1O. The lowest BCUT2D eigenvalue weighted by Gasteiger charge is -2.10. The molecule has 0 radical (unpaired) electrons. The Morgan fingerprint density at radius 3 is 2.32 bits per heavy atom. The maximum atomic E-state index is 12.2. The Morgan fingerprint density at radius 2 is 1.73 bits per heavy atom. The van der Waals surface area contributed by atoms with Crippen LogP contribution in [0.4, 0.5) is 5.69 Å². The smallest absolute Gasteiger partial charge is 0.339 e. The molecule has 9 heteroatoms. The van der Waals surface area contributed by atoms with Crippen LogP contribution in [0.15, 0.2) is 41.3 Å². The molecule has 116 valence electrons. The molecular formula is C13H9Cl2NO5S. The van der Waals surface area contributed by atoms with Gasteiger partial charge in [0.2, 0.25) is 0 Å². The molecule has 2 rings (SSSR count). The molecule has 0 amide bonds. The lowest BCUT2D eigenvalue weighted by atomic mass is 10.2. The summed E-state index contributed by atoms with van der Waals surface area (Å²) in [5, 5.41) is 18.7. The van der Waals surface area contributed by atoms with Crippen molar-refractivity contribution in [2.75, 3.05) is 4.72 Å². The molecule has 0 aromatic heterocycles. The Hall–Kier alpha value is -1.96. The molecule has 0 heterocycles. The average Bonchev–Trinajstić information content (AvgIpc) is 2.42. The van der Waals surface area contributed by atoms with Gasteiger partial charge >= 0.3 is 5.97 Å². The number of nitrogens with one attached hydrogen (secondary N) is 1. The second-order valence-corrected chi connectivity index (χ2v) is 6.72. The van der Waals surface area contributed by atoms with E-state index in [9.17, 15) is 18.3 Å². The third-order valence-electron chi connectivity index (χ3n) is 2.68. The number of halogens is 2. The first kappa shape index (κ1) is 16.4. The first-order chi connectivity index (χ1) is 10.2.